The third-order valence-corrected chi connectivity index (χ3v) is 3.95. The largest absolute Gasteiger partial charge is 0.486 e. The van der Waals surface area contributed by atoms with E-state index >= 15 is 0 Å². The molecule has 0 amide bonds. The van der Waals surface area contributed by atoms with E-state index < -0.39 is 22.4 Å². The van der Waals surface area contributed by atoms with Crippen molar-refractivity contribution in [2.45, 2.75) is 11.5 Å². The Morgan fingerprint density at radius 3 is 2.76 bits per heavy atom. The fourth-order valence-electron chi connectivity index (χ4n) is 1.55. The first kappa shape index (κ1) is 15.7. The summed E-state index contributed by atoms with van der Waals surface area (Å²) in [5.74, 6) is -0.968. The van der Waals surface area contributed by atoms with E-state index in [2.05, 4.69) is 20.9 Å². The van der Waals surface area contributed by atoms with Gasteiger partial charge in [0, 0.05) is 11.0 Å². The number of nitrogens with zero attached hydrogens (tertiary/aromatic N) is 1. The number of aromatic nitrogens is 1. The molecule has 0 radical (unpaired) electrons. The summed E-state index contributed by atoms with van der Waals surface area (Å²) in [7, 11) is -1.70. The molecule has 1 N–H and O–H groups in total. The highest BCUT2D eigenvalue weighted by Gasteiger charge is 2.08. The van der Waals surface area contributed by atoms with Crippen LogP contribution in [0.25, 0.3) is 0 Å². The Balaban J connectivity index is 2.20. The molecule has 21 heavy (non-hydrogen) atoms. The van der Waals surface area contributed by atoms with E-state index in [9.17, 15) is 13.0 Å². The molecule has 0 aliphatic heterocycles. The van der Waals surface area contributed by atoms with Gasteiger partial charge in [0.15, 0.2) is 5.75 Å². The van der Waals surface area contributed by atoms with Crippen LogP contribution in [0, 0.1) is 17.0 Å². The summed E-state index contributed by atoms with van der Waals surface area (Å²) in [5.41, 5.74) is 1.13. The standard InChI is InChI=1S/C13H9BrF2N2O2S/c14-13-12(4-10(16)5-18-13)20-6-8-1-9(15)3-11(2-8)21(19)7-17/h1-5,7,17H,6H2. The summed E-state index contributed by atoms with van der Waals surface area (Å²) in [6.45, 7) is -0.0519. The normalized spacial score (nSPS) is 12.0. The number of ether oxygens (including phenoxy) is 1. The fraction of sp³-hybridized carbons (Fsp3) is 0.0769. The molecule has 0 fully saturated rings. The van der Waals surface area contributed by atoms with Crippen LogP contribution in [0.3, 0.4) is 0 Å². The summed E-state index contributed by atoms with van der Waals surface area (Å²) < 4.78 is 43.7. The fourth-order valence-corrected chi connectivity index (χ4v) is 2.52. The van der Waals surface area contributed by atoms with Gasteiger partial charge in [0.05, 0.1) is 22.5 Å². The zero-order valence-corrected chi connectivity index (χ0v) is 12.9. The SMILES string of the molecule is N=CS(=O)c1cc(F)cc(COc2cc(F)cnc2Br)c1. The van der Waals surface area contributed by atoms with Crippen LogP contribution < -0.4 is 4.74 Å². The molecular formula is C13H9BrF2N2O2S. The number of benzene rings is 1. The Morgan fingerprint density at radius 1 is 1.29 bits per heavy atom. The van der Waals surface area contributed by atoms with Gasteiger partial charge in [-0.05, 0) is 39.7 Å². The van der Waals surface area contributed by atoms with Crippen molar-refractivity contribution in [1.82, 2.24) is 4.98 Å². The molecule has 0 spiro atoms. The van der Waals surface area contributed by atoms with Gasteiger partial charge in [0.25, 0.3) is 0 Å². The van der Waals surface area contributed by atoms with Gasteiger partial charge in [0.1, 0.15) is 22.8 Å². The zero-order valence-electron chi connectivity index (χ0n) is 10.5. The van der Waals surface area contributed by atoms with Crippen molar-refractivity contribution in [2.24, 2.45) is 0 Å². The van der Waals surface area contributed by atoms with Crippen LogP contribution in [0.4, 0.5) is 8.78 Å². The quantitative estimate of drug-likeness (QED) is 0.495. The smallest absolute Gasteiger partial charge is 0.155 e. The van der Waals surface area contributed by atoms with Crippen molar-refractivity contribution in [3.8, 4) is 5.75 Å². The van der Waals surface area contributed by atoms with E-state index in [-0.39, 0.29) is 17.3 Å². The van der Waals surface area contributed by atoms with Crippen molar-refractivity contribution < 1.29 is 17.7 Å². The number of rotatable bonds is 5. The molecule has 4 nitrogen and oxygen atoms in total. The maximum atomic E-state index is 13.4. The lowest BCUT2D eigenvalue weighted by molar-refractivity contribution is 0.300. The summed E-state index contributed by atoms with van der Waals surface area (Å²) in [4.78, 5) is 3.90. The minimum Gasteiger partial charge on any atom is -0.486 e. The monoisotopic (exact) mass is 374 g/mol. The van der Waals surface area contributed by atoms with Crippen LogP contribution in [0.2, 0.25) is 0 Å². The zero-order chi connectivity index (χ0) is 15.4. The Morgan fingerprint density at radius 2 is 2.05 bits per heavy atom. The number of halogens is 3. The summed E-state index contributed by atoms with van der Waals surface area (Å²) in [6.07, 6.45) is 1.03. The molecule has 1 unspecified atom stereocenters. The molecule has 2 rings (SSSR count). The first-order valence-corrected chi connectivity index (χ1v) is 7.64. The highest BCUT2D eigenvalue weighted by Crippen LogP contribution is 2.24. The van der Waals surface area contributed by atoms with E-state index in [0.717, 1.165) is 18.3 Å². The molecule has 1 atom stereocenters. The lowest BCUT2D eigenvalue weighted by Gasteiger charge is -2.09. The molecule has 0 aliphatic carbocycles. The molecule has 1 heterocycles. The molecule has 8 heteroatoms. The highest BCUT2D eigenvalue weighted by molar-refractivity contribution is 9.10. The minimum absolute atomic E-state index is 0.0519. The van der Waals surface area contributed by atoms with E-state index in [4.69, 9.17) is 10.1 Å². The summed E-state index contributed by atoms with van der Waals surface area (Å²) in [6, 6.07) is 4.91. The van der Waals surface area contributed by atoms with Crippen molar-refractivity contribution in [1.29, 1.82) is 5.41 Å². The topological polar surface area (TPSA) is 63.0 Å². The van der Waals surface area contributed by atoms with Crippen LogP contribution in [0.5, 0.6) is 5.75 Å². The second kappa shape index (κ2) is 6.86. The van der Waals surface area contributed by atoms with E-state index in [1.165, 1.54) is 12.1 Å². The average molecular weight is 375 g/mol. The van der Waals surface area contributed by atoms with Gasteiger partial charge in [0.2, 0.25) is 0 Å². The molecule has 0 saturated heterocycles. The summed E-state index contributed by atoms with van der Waals surface area (Å²) in [5, 5.41) is 6.94. The molecule has 0 aliphatic rings. The average Bonchev–Trinajstić information content (AvgIpc) is 2.46. The van der Waals surface area contributed by atoms with E-state index in [1.807, 2.05) is 0 Å². The molecule has 110 valence electrons. The van der Waals surface area contributed by atoms with Crippen LogP contribution in [-0.2, 0) is 17.4 Å². The third-order valence-electron chi connectivity index (χ3n) is 2.44. The Labute approximate surface area is 130 Å². The second-order valence-corrected chi connectivity index (χ2v) is 5.99. The van der Waals surface area contributed by atoms with E-state index in [1.54, 1.807) is 0 Å². The van der Waals surface area contributed by atoms with Gasteiger partial charge in [-0.1, -0.05) is 0 Å². The third kappa shape index (κ3) is 4.15. The maximum Gasteiger partial charge on any atom is 0.155 e. The molecule has 1 aromatic carbocycles. The van der Waals surface area contributed by atoms with Crippen LogP contribution in [0.15, 0.2) is 40.0 Å². The molecular weight excluding hydrogens is 366 g/mol. The summed E-state index contributed by atoms with van der Waals surface area (Å²) >= 11 is 3.11. The first-order chi connectivity index (χ1) is 9.99. The van der Waals surface area contributed by atoms with E-state index in [0.29, 0.717) is 15.7 Å². The van der Waals surface area contributed by atoms with Gasteiger partial charge in [-0.25, -0.2) is 18.0 Å². The second-order valence-electron chi connectivity index (χ2n) is 3.94. The predicted molar refractivity (Wildman–Crippen MR) is 77.8 cm³/mol. The van der Waals surface area contributed by atoms with Gasteiger partial charge >= 0.3 is 0 Å². The lowest BCUT2D eigenvalue weighted by Crippen LogP contribution is -2.01. The first-order valence-electron chi connectivity index (χ1n) is 5.64. The van der Waals surface area contributed by atoms with Crippen LogP contribution >= 0.6 is 15.9 Å². The molecule has 2 aromatic rings. The predicted octanol–water partition coefficient (Wildman–Crippen LogP) is 3.42. The number of pyridine rings is 1. The number of hydrogen-bond donors (Lipinski definition) is 1. The van der Waals surface area contributed by atoms with Gasteiger partial charge < -0.3 is 4.74 Å². The lowest BCUT2D eigenvalue weighted by atomic mass is 10.2. The molecule has 0 bridgehead atoms. The Hall–Kier alpha value is -1.67. The molecule has 0 saturated carbocycles. The minimum atomic E-state index is -1.70. The highest BCUT2D eigenvalue weighted by atomic mass is 79.9. The van der Waals surface area contributed by atoms with Crippen LogP contribution in [0.1, 0.15) is 5.56 Å². The van der Waals surface area contributed by atoms with Gasteiger partial charge in [-0.15, -0.1) is 0 Å². The number of hydrogen-bond acceptors (Lipinski definition) is 4. The Bertz CT molecular complexity index is 713. The number of nitrogens with one attached hydrogen (secondary N) is 1. The van der Waals surface area contributed by atoms with Gasteiger partial charge in [-0.3, -0.25) is 5.41 Å². The van der Waals surface area contributed by atoms with Gasteiger partial charge in [-0.2, -0.15) is 0 Å². The Kier molecular flexibility index (Phi) is 5.13. The molecule has 1 aromatic heterocycles. The maximum absolute atomic E-state index is 13.4. The van der Waals surface area contributed by atoms with Crippen molar-refractivity contribution in [3.05, 3.63) is 52.3 Å². The van der Waals surface area contributed by atoms with Crippen LogP contribution in [-0.4, -0.2) is 14.7 Å². The van der Waals surface area contributed by atoms with Crippen molar-refractivity contribution >= 4 is 32.3 Å². The van der Waals surface area contributed by atoms with Crippen molar-refractivity contribution in [3.63, 3.8) is 0 Å². The van der Waals surface area contributed by atoms with Crippen molar-refractivity contribution in [2.75, 3.05) is 0 Å².